The first-order valence-corrected chi connectivity index (χ1v) is 6.29. The molecule has 2 rings (SSSR count). The van der Waals surface area contributed by atoms with E-state index in [1.807, 2.05) is 0 Å². The van der Waals surface area contributed by atoms with E-state index in [2.05, 4.69) is 5.32 Å². The first-order valence-electron chi connectivity index (χ1n) is 6.29. The Morgan fingerprint density at radius 3 is 2.14 bits per heavy atom. The highest BCUT2D eigenvalue weighted by molar-refractivity contribution is 4.77. The van der Waals surface area contributed by atoms with Gasteiger partial charge >= 0.3 is 0 Å². The topological polar surface area (TPSA) is 21.3 Å². The van der Waals surface area contributed by atoms with Gasteiger partial charge in [0.25, 0.3) is 0 Å². The standard InChI is InChI=1S/C12H23NO/c1-2-4-7-11(6-3-1)13-12-8-5-9-14-10-12/h11-13H,1-10H2. The molecule has 0 bridgehead atoms. The normalized spacial score (nSPS) is 31.3. The Kier molecular flexibility index (Phi) is 4.26. The number of nitrogens with one attached hydrogen (secondary N) is 1. The monoisotopic (exact) mass is 197 g/mol. The van der Waals surface area contributed by atoms with E-state index in [0.717, 1.165) is 19.3 Å². The predicted molar refractivity (Wildman–Crippen MR) is 58.5 cm³/mol. The number of hydrogen-bond donors (Lipinski definition) is 1. The van der Waals surface area contributed by atoms with Gasteiger partial charge in [-0.15, -0.1) is 0 Å². The van der Waals surface area contributed by atoms with Gasteiger partial charge in [0.2, 0.25) is 0 Å². The molecule has 2 aliphatic rings. The van der Waals surface area contributed by atoms with Crippen molar-refractivity contribution in [3.05, 3.63) is 0 Å². The lowest BCUT2D eigenvalue weighted by Gasteiger charge is -2.28. The van der Waals surface area contributed by atoms with Crippen LogP contribution in [-0.2, 0) is 4.74 Å². The molecule has 1 saturated heterocycles. The summed E-state index contributed by atoms with van der Waals surface area (Å²) in [6.45, 7) is 1.92. The molecule has 1 heterocycles. The maximum atomic E-state index is 5.49. The van der Waals surface area contributed by atoms with Crippen LogP contribution < -0.4 is 5.32 Å². The first-order chi connectivity index (χ1) is 6.95. The van der Waals surface area contributed by atoms with Crippen molar-refractivity contribution in [2.45, 2.75) is 63.5 Å². The van der Waals surface area contributed by atoms with Crippen LogP contribution in [0.2, 0.25) is 0 Å². The summed E-state index contributed by atoms with van der Waals surface area (Å²) in [5, 5.41) is 3.77. The van der Waals surface area contributed by atoms with E-state index in [9.17, 15) is 0 Å². The maximum absolute atomic E-state index is 5.49. The minimum absolute atomic E-state index is 0.645. The lowest BCUT2D eigenvalue weighted by molar-refractivity contribution is 0.0655. The van der Waals surface area contributed by atoms with Gasteiger partial charge in [0.05, 0.1) is 6.61 Å². The molecule has 1 aliphatic carbocycles. The molecular formula is C12H23NO. The summed E-state index contributed by atoms with van der Waals surface area (Å²) in [4.78, 5) is 0. The Morgan fingerprint density at radius 2 is 1.50 bits per heavy atom. The van der Waals surface area contributed by atoms with E-state index >= 15 is 0 Å². The summed E-state index contributed by atoms with van der Waals surface area (Å²) in [6, 6.07) is 1.43. The minimum Gasteiger partial charge on any atom is -0.380 e. The third kappa shape index (κ3) is 3.25. The van der Waals surface area contributed by atoms with Gasteiger partial charge in [0.1, 0.15) is 0 Å². The van der Waals surface area contributed by atoms with Crippen molar-refractivity contribution >= 4 is 0 Å². The van der Waals surface area contributed by atoms with Crippen molar-refractivity contribution in [3.63, 3.8) is 0 Å². The molecule has 1 N–H and O–H groups in total. The fourth-order valence-corrected chi connectivity index (χ4v) is 2.65. The second kappa shape index (κ2) is 5.72. The van der Waals surface area contributed by atoms with Gasteiger partial charge in [-0.05, 0) is 25.7 Å². The zero-order valence-corrected chi connectivity index (χ0v) is 9.13. The Hall–Kier alpha value is -0.0800. The molecule has 0 radical (unpaired) electrons. The highest BCUT2D eigenvalue weighted by Crippen LogP contribution is 2.18. The molecule has 0 spiro atoms. The van der Waals surface area contributed by atoms with Gasteiger partial charge in [-0.3, -0.25) is 0 Å². The first kappa shape index (κ1) is 10.4. The van der Waals surface area contributed by atoms with Crippen LogP contribution in [-0.4, -0.2) is 25.3 Å². The van der Waals surface area contributed by atoms with E-state index in [1.165, 1.54) is 51.4 Å². The van der Waals surface area contributed by atoms with Crippen molar-refractivity contribution in [1.82, 2.24) is 5.32 Å². The van der Waals surface area contributed by atoms with Crippen LogP contribution in [0.3, 0.4) is 0 Å². The third-order valence-corrected chi connectivity index (χ3v) is 3.49. The molecular weight excluding hydrogens is 174 g/mol. The second-order valence-electron chi connectivity index (χ2n) is 4.77. The van der Waals surface area contributed by atoms with Crippen LogP contribution in [0.5, 0.6) is 0 Å². The van der Waals surface area contributed by atoms with Crippen molar-refractivity contribution in [3.8, 4) is 0 Å². The van der Waals surface area contributed by atoms with Crippen molar-refractivity contribution in [2.75, 3.05) is 13.2 Å². The van der Waals surface area contributed by atoms with E-state index in [1.54, 1.807) is 0 Å². The lowest BCUT2D eigenvalue weighted by atomic mass is 10.0. The molecule has 1 aliphatic heterocycles. The van der Waals surface area contributed by atoms with Crippen LogP contribution in [0.1, 0.15) is 51.4 Å². The highest BCUT2D eigenvalue weighted by atomic mass is 16.5. The fourth-order valence-electron chi connectivity index (χ4n) is 2.65. The molecule has 82 valence electrons. The smallest absolute Gasteiger partial charge is 0.0619 e. The van der Waals surface area contributed by atoms with Crippen molar-refractivity contribution in [1.29, 1.82) is 0 Å². The van der Waals surface area contributed by atoms with Gasteiger partial charge in [0.15, 0.2) is 0 Å². The zero-order chi connectivity index (χ0) is 9.64. The summed E-state index contributed by atoms with van der Waals surface area (Å²) in [7, 11) is 0. The molecule has 1 atom stereocenters. The van der Waals surface area contributed by atoms with Gasteiger partial charge in [-0.1, -0.05) is 25.7 Å². The van der Waals surface area contributed by atoms with Crippen molar-refractivity contribution in [2.24, 2.45) is 0 Å². The van der Waals surface area contributed by atoms with Crippen LogP contribution in [0.4, 0.5) is 0 Å². The number of ether oxygens (including phenoxy) is 1. The highest BCUT2D eigenvalue weighted by Gasteiger charge is 2.18. The van der Waals surface area contributed by atoms with E-state index in [-0.39, 0.29) is 0 Å². The SMILES string of the molecule is C1CCCC(NC2CCCOC2)CC1. The summed E-state index contributed by atoms with van der Waals surface area (Å²) in [5.41, 5.74) is 0. The maximum Gasteiger partial charge on any atom is 0.0619 e. The largest absolute Gasteiger partial charge is 0.380 e. The molecule has 0 aromatic carbocycles. The summed E-state index contributed by atoms with van der Waals surface area (Å²) in [6.07, 6.45) is 11.1. The van der Waals surface area contributed by atoms with Crippen LogP contribution >= 0.6 is 0 Å². The van der Waals surface area contributed by atoms with Gasteiger partial charge < -0.3 is 10.1 Å². The van der Waals surface area contributed by atoms with Gasteiger partial charge in [-0.25, -0.2) is 0 Å². The quantitative estimate of drug-likeness (QED) is 0.687. The molecule has 2 fully saturated rings. The summed E-state index contributed by atoms with van der Waals surface area (Å²) < 4.78 is 5.49. The molecule has 1 saturated carbocycles. The van der Waals surface area contributed by atoms with Crippen LogP contribution in [0.25, 0.3) is 0 Å². The molecule has 1 unspecified atom stereocenters. The van der Waals surface area contributed by atoms with E-state index in [4.69, 9.17) is 4.74 Å². The van der Waals surface area contributed by atoms with Crippen molar-refractivity contribution < 1.29 is 4.74 Å². The molecule has 0 amide bonds. The molecule has 0 aromatic heterocycles. The average Bonchev–Trinajstić information content (AvgIpc) is 2.48. The average molecular weight is 197 g/mol. The van der Waals surface area contributed by atoms with Gasteiger partial charge in [0, 0.05) is 18.7 Å². The number of hydrogen-bond acceptors (Lipinski definition) is 2. The fraction of sp³-hybridized carbons (Fsp3) is 1.00. The lowest BCUT2D eigenvalue weighted by Crippen LogP contribution is -2.42. The number of rotatable bonds is 2. The Balaban J connectivity index is 1.71. The zero-order valence-electron chi connectivity index (χ0n) is 9.13. The molecule has 2 nitrogen and oxygen atoms in total. The summed E-state index contributed by atoms with van der Waals surface area (Å²) >= 11 is 0. The Labute approximate surface area is 87.4 Å². The molecule has 0 aromatic rings. The van der Waals surface area contributed by atoms with E-state index in [0.29, 0.717) is 6.04 Å². The van der Waals surface area contributed by atoms with Crippen LogP contribution in [0, 0.1) is 0 Å². The van der Waals surface area contributed by atoms with Gasteiger partial charge in [-0.2, -0.15) is 0 Å². The summed E-state index contributed by atoms with van der Waals surface area (Å²) in [5.74, 6) is 0. The third-order valence-electron chi connectivity index (χ3n) is 3.49. The Morgan fingerprint density at radius 1 is 0.786 bits per heavy atom. The molecule has 14 heavy (non-hydrogen) atoms. The minimum atomic E-state index is 0.645. The van der Waals surface area contributed by atoms with E-state index < -0.39 is 0 Å². The predicted octanol–water partition coefficient (Wildman–Crippen LogP) is 2.48. The Bertz CT molecular complexity index is 146. The van der Waals surface area contributed by atoms with Crippen LogP contribution in [0.15, 0.2) is 0 Å². The second-order valence-corrected chi connectivity index (χ2v) is 4.77. The molecule has 2 heteroatoms.